The van der Waals surface area contributed by atoms with Crippen molar-refractivity contribution < 1.29 is 22.7 Å². The molecule has 1 heterocycles. The number of rotatable bonds is 2. The van der Waals surface area contributed by atoms with Crippen molar-refractivity contribution in [1.29, 1.82) is 0 Å². The first-order chi connectivity index (χ1) is 10.0. The summed E-state index contributed by atoms with van der Waals surface area (Å²) in [7, 11) is 0. The van der Waals surface area contributed by atoms with Crippen molar-refractivity contribution in [1.82, 2.24) is 4.90 Å². The molecule has 1 aliphatic rings. The molecule has 0 radical (unpaired) electrons. The number of alkyl halides is 3. The molecule has 7 heteroatoms. The molecule has 1 saturated heterocycles. The maximum Gasteiger partial charge on any atom is 0.446 e. The van der Waals surface area contributed by atoms with Crippen molar-refractivity contribution in [2.45, 2.75) is 42.7 Å². The van der Waals surface area contributed by atoms with E-state index in [-0.39, 0.29) is 28.7 Å². The second-order valence-electron chi connectivity index (χ2n) is 6.20. The molecule has 0 saturated carbocycles. The first-order valence-corrected chi connectivity index (χ1v) is 7.69. The molecule has 1 aromatic carbocycles. The Kier molecular flexibility index (Phi) is 4.65. The average molecular weight is 333 g/mol. The van der Waals surface area contributed by atoms with E-state index < -0.39 is 11.1 Å². The van der Waals surface area contributed by atoms with Crippen molar-refractivity contribution in [3.63, 3.8) is 0 Å². The van der Waals surface area contributed by atoms with Crippen molar-refractivity contribution in [2.24, 2.45) is 0 Å². The lowest BCUT2D eigenvalue weighted by molar-refractivity contribution is -0.0328. The second kappa shape index (κ2) is 6.02. The minimum absolute atomic E-state index is 0.126. The van der Waals surface area contributed by atoms with E-state index in [9.17, 15) is 18.0 Å². The highest BCUT2D eigenvalue weighted by atomic mass is 32.2. The van der Waals surface area contributed by atoms with Gasteiger partial charge in [-0.3, -0.25) is 0 Å². The highest BCUT2D eigenvalue weighted by Gasteiger charge is 2.34. The van der Waals surface area contributed by atoms with Gasteiger partial charge in [-0.15, -0.1) is 0 Å². The van der Waals surface area contributed by atoms with Crippen LogP contribution in [-0.4, -0.2) is 35.2 Å². The van der Waals surface area contributed by atoms with Crippen LogP contribution in [0.2, 0.25) is 0 Å². The van der Waals surface area contributed by atoms with Gasteiger partial charge in [0, 0.05) is 23.9 Å². The van der Waals surface area contributed by atoms with Crippen molar-refractivity contribution in [2.75, 3.05) is 13.1 Å². The Bertz CT molecular complexity index is 531. The molecular formula is C15H18F3NO2S. The Morgan fingerprint density at radius 3 is 2.18 bits per heavy atom. The number of carbonyl (C=O) groups excluding carboxylic acids is 1. The minimum Gasteiger partial charge on any atom is -0.444 e. The molecule has 0 aliphatic carbocycles. The predicted octanol–water partition coefficient (Wildman–Crippen LogP) is 4.63. The van der Waals surface area contributed by atoms with Gasteiger partial charge in [-0.05, 0) is 50.2 Å². The maximum absolute atomic E-state index is 12.3. The Morgan fingerprint density at radius 2 is 1.73 bits per heavy atom. The summed E-state index contributed by atoms with van der Waals surface area (Å²) >= 11 is -0.126. The van der Waals surface area contributed by atoms with Gasteiger partial charge in [-0.25, -0.2) is 4.79 Å². The second-order valence-corrected chi connectivity index (χ2v) is 7.34. The lowest BCUT2D eigenvalue weighted by Crippen LogP contribution is -2.50. The number of amides is 1. The fourth-order valence-electron chi connectivity index (χ4n) is 2.11. The highest BCUT2D eigenvalue weighted by molar-refractivity contribution is 8.00. The summed E-state index contributed by atoms with van der Waals surface area (Å²) in [5.74, 6) is 0.150. The number of hydrogen-bond acceptors (Lipinski definition) is 3. The van der Waals surface area contributed by atoms with Crippen LogP contribution in [-0.2, 0) is 4.74 Å². The number of ether oxygens (including phenoxy) is 1. The van der Waals surface area contributed by atoms with Crippen LogP contribution in [0, 0.1) is 0 Å². The molecule has 0 spiro atoms. The summed E-state index contributed by atoms with van der Waals surface area (Å²) in [4.78, 5) is 13.6. The van der Waals surface area contributed by atoms with E-state index in [1.54, 1.807) is 37.8 Å². The lowest BCUT2D eigenvalue weighted by Gasteiger charge is -2.40. The van der Waals surface area contributed by atoms with E-state index in [0.717, 1.165) is 5.56 Å². The van der Waals surface area contributed by atoms with Crippen LogP contribution in [0.3, 0.4) is 0 Å². The van der Waals surface area contributed by atoms with Crippen molar-refractivity contribution in [3.05, 3.63) is 29.8 Å². The molecule has 2 rings (SSSR count). The van der Waals surface area contributed by atoms with Crippen LogP contribution in [0.4, 0.5) is 18.0 Å². The van der Waals surface area contributed by atoms with E-state index in [1.807, 2.05) is 0 Å². The van der Waals surface area contributed by atoms with Gasteiger partial charge >= 0.3 is 11.6 Å². The predicted molar refractivity (Wildman–Crippen MR) is 78.9 cm³/mol. The SMILES string of the molecule is CC(C)(C)OC(=O)N1CC(c2ccc(SC(F)(F)F)cc2)C1. The zero-order valence-corrected chi connectivity index (χ0v) is 13.4. The van der Waals surface area contributed by atoms with Crippen LogP contribution in [0.1, 0.15) is 32.3 Å². The van der Waals surface area contributed by atoms with Gasteiger partial charge in [0.05, 0.1) is 0 Å². The molecule has 122 valence electrons. The number of likely N-dealkylation sites (tertiary alicyclic amines) is 1. The number of benzene rings is 1. The van der Waals surface area contributed by atoms with Crippen molar-refractivity contribution in [3.8, 4) is 0 Å². The van der Waals surface area contributed by atoms with E-state index in [1.165, 1.54) is 12.1 Å². The van der Waals surface area contributed by atoms with Gasteiger partial charge in [0.25, 0.3) is 0 Å². The third-order valence-electron chi connectivity index (χ3n) is 3.12. The Hall–Kier alpha value is -1.37. The van der Waals surface area contributed by atoms with Gasteiger partial charge in [0.15, 0.2) is 0 Å². The zero-order chi connectivity index (χ0) is 16.5. The Balaban J connectivity index is 1.87. The van der Waals surface area contributed by atoms with Gasteiger partial charge in [0.1, 0.15) is 5.60 Å². The van der Waals surface area contributed by atoms with E-state index in [4.69, 9.17) is 4.74 Å². The average Bonchev–Trinajstić information content (AvgIpc) is 2.24. The van der Waals surface area contributed by atoms with Gasteiger partial charge < -0.3 is 9.64 Å². The molecular weight excluding hydrogens is 315 g/mol. The van der Waals surface area contributed by atoms with Crippen molar-refractivity contribution >= 4 is 17.9 Å². The zero-order valence-electron chi connectivity index (χ0n) is 12.6. The summed E-state index contributed by atoms with van der Waals surface area (Å²) in [6, 6.07) is 6.30. The molecule has 1 amide bonds. The molecule has 3 nitrogen and oxygen atoms in total. The summed E-state index contributed by atoms with van der Waals surface area (Å²) in [6.45, 7) is 6.47. The molecule has 0 N–H and O–H groups in total. The van der Waals surface area contributed by atoms with Gasteiger partial charge in [0.2, 0.25) is 0 Å². The Morgan fingerprint density at radius 1 is 1.18 bits per heavy atom. The number of nitrogens with zero attached hydrogens (tertiary/aromatic N) is 1. The van der Waals surface area contributed by atoms with Crippen LogP contribution < -0.4 is 0 Å². The summed E-state index contributed by atoms with van der Waals surface area (Å²) in [5.41, 5.74) is -3.87. The largest absolute Gasteiger partial charge is 0.446 e. The first-order valence-electron chi connectivity index (χ1n) is 6.87. The molecule has 1 fully saturated rings. The fraction of sp³-hybridized carbons (Fsp3) is 0.533. The minimum atomic E-state index is -4.27. The summed E-state index contributed by atoms with van der Waals surface area (Å²) in [5, 5.41) is 0. The molecule has 0 atom stereocenters. The van der Waals surface area contributed by atoms with Gasteiger partial charge in [-0.2, -0.15) is 13.2 Å². The monoisotopic (exact) mass is 333 g/mol. The molecule has 1 aromatic rings. The number of hydrogen-bond donors (Lipinski definition) is 0. The molecule has 1 aliphatic heterocycles. The third kappa shape index (κ3) is 4.83. The van der Waals surface area contributed by atoms with Crippen LogP contribution in [0.5, 0.6) is 0 Å². The topological polar surface area (TPSA) is 29.5 Å². The summed E-state index contributed by atoms with van der Waals surface area (Å²) < 4.78 is 42.0. The van der Waals surface area contributed by atoms with Crippen LogP contribution in [0.15, 0.2) is 29.2 Å². The highest BCUT2D eigenvalue weighted by Crippen LogP contribution is 2.37. The van der Waals surface area contributed by atoms with Gasteiger partial charge in [-0.1, -0.05) is 12.1 Å². The fourth-order valence-corrected chi connectivity index (χ4v) is 2.65. The molecule has 0 aromatic heterocycles. The number of thioether (sulfide) groups is 1. The van der Waals surface area contributed by atoms with E-state index in [0.29, 0.717) is 13.1 Å². The normalized spacial score (nSPS) is 16.4. The van der Waals surface area contributed by atoms with Crippen LogP contribution >= 0.6 is 11.8 Å². The van der Waals surface area contributed by atoms with Crippen LogP contribution in [0.25, 0.3) is 0 Å². The number of halogens is 3. The third-order valence-corrected chi connectivity index (χ3v) is 3.86. The first kappa shape index (κ1) is 17.0. The number of carbonyl (C=O) groups is 1. The Labute approximate surface area is 131 Å². The quantitative estimate of drug-likeness (QED) is 0.739. The smallest absolute Gasteiger partial charge is 0.444 e. The molecule has 0 bridgehead atoms. The standard InChI is InChI=1S/C15H18F3NO2S/c1-14(2,3)21-13(20)19-8-11(9-19)10-4-6-12(7-5-10)22-15(16,17)18/h4-7,11H,8-9H2,1-3H3. The molecule has 22 heavy (non-hydrogen) atoms. The molecule has 0 unspecified atom stereocenters. The lowest BCUT2D eigenvalue weighted by atomic mass is 9.92. The maximum atomic E-state index is 12.3. The van der Waals surface area contributed by atoms with E-state index in [2.05, 4.69) is 0 Å². The summed E-state index contributed by atoms with van der Waals surface area (Å²) in [6.07, 6.45) is -0.354. The van der Waals surface area contributed by atoms with E-state index >= 15 is 0 Å².